The van der Waals surface area contributed by atoms with Gasteiger partial charge in [0, 0.05) is 12.3 Å². The molecule has 35 heavy (non-hydrogen) atoms. The molecule has 0 aromatic rings. The zero-order valence-corrected chi connectivity index (χ0v) is 24.8. The first kappa shape index (κ1) is 27.5. The van der Waals surface area contributed by atoms with E-state index in [4.69, 9.17) is 4.74 Å². The second-order valence-electron chi connectivity index (χ2n) is 15.2. The van der Waals surface area contributed by atoms with Crippen molar-refractivity contribution in [2.75, 3.05) is 0 Å². The van der Waals surface area contributed by atoms with E-state index in [-0.39, 0.29) is 17.5 Å². The third-order valence-electron chi connectivity index (χ3n) is 13.3. The molecule has 0 saturated heterocycles. The van der Waals surface area contributed by atoms with Crippen LogP contribution in [0.2, 0.25) is 0 Å². The summed E-state index contributed by atoms with van der Waals surface area (Å²) >= 11 is 0. The Hall–Kier alpha value is -0.530. The molecule has 0 aliphatic heterocycles. The normalized spacial score (nSPS) is 45.4. The summed E-state index contributed by atoms with van der Waals surface area (Å²) in [5.74, 6) is 4.87. The second kappa shape index (κ2) is 9.65. The van der Waals surface area contributed by atoms with Crippen LogP contribution in [0.4, 0.5) is 0 Å². The third kappa shape index (κ3) is 4.24. The lowest BCUT2D eigenvalue weighted by Gasteiger charge is -2.69. The van der Waals surface area contributed by atoms with Gasteiger partial charge in [-0.15, -0.1) is 0 Å². The van der Waals surface area contributed by atoms with Gasteiger partial charge >= 0.3 is 5.97 Å². The summed E-state index contributed by atoms with van der Waals surface area (Å²) in [6.45, 7) is 21.8. The number of fused-ring (bicyclic) bond motifs is 5. The number of carbonyl (C=O) groups is 1. The second-order valence-corrected chi connectivity index (χ2v) is 15.2. The monoisotopic (exact) mass is 486 g/mol. The molecule has 0 amide bonds. The SMILES string of the molecule is CCC12CCC3(C)C(C(C)CCCC(C)C)CCC3(C)C1CCC1C2CCC(OC(C)=O)C1(C)C. The van der Waals surface area contributed by atoms with Crippen LogP contribution < -0.4 is 0 Å². The van der Waals surface area contributed by atoms with Crippen LogP contribution in [0, 0.1) is 57.2 Å². The van der Waals surface area contributed by atoms with Crippen LogP contribution in [0.25, 0.3) is 0 Å². The molecule has 0 spiro atoms. The Labute approximate surface area is 218 Å². The summed E-state index contributed by atoms with van der Waals surface area (Å²) < 4.78 is 5.91. The van der Waals surface area contributed by atoms with Crippen molar-refractivity contribution >= 4 is 5.97 Å². The first-order valence-corrected chi connectivity index (χ1v) is 15.5. The maximum Gasteiger partial charge on any atom is 0.302 e. The van der Waals surface area contributed by atoms with Gasteiger partial charge < -0.3 is 4.74 Å². The maximum absolute atomic E-state index is 11.9. The average Bonchev–Trinajstić information content (AvgIpc) is 3.06. The molecule has 4 aliphatic rings. The highest BCUT2D eigenvalue weighted by Gasteiger charge is 2.69. The van der Waals surface area contributed by atoms with Crippen molar-refractivity contribution in [2.45, 2.75) is 145 Å². The highest BCUT2D eigenvalue weighted by atomic mass is 16.5. The topological polar surface area (TPSA) is 26.3 Å². The summed E-state index contributed by atoms with van der Waals surface area (Å²) in [7, 11) is 0. The van der Waals surface area contributed by atoms with E-state index in [1.54, 1.807) is 6.92 Å². The molecule has 0 bridgehead atoms. The van der Waals surface area contributed by atoms with Crippen LogP contribution >= 0.6 is 0 Å². The summed E-state index contributed by atoms with van der Waals surface area (Å²) in [6, 6.07) is 0. The molecule has 2 heteroatoms. The van der Waals surface area contributed by atoms with Gasteiger partial charge in [-0.1, -0.05) is 74.7 Å². The molecule has 9 unspecified atom stereocenters. The predicted octanol–water partition coefficient (Wildman–Crippen LogP) is 9.46. The van der Waals surface area contributed by atoms with Crippen molar-refractivity contribution in [2.24, 2.45) is 57.2 Å². The highest BCUT2D eigenvalue weighted by Crippen LogP contribution is 2.76. The van der Waals surface area contributed by atoms with Gasteiger partial charge in [0.25, 0.3) is 0 Å². The van der Waals surface area contributed by atoms with E-state index in [0.29, 0.717) is 22.2 Å². The maximum atomic E-state index is 11.9. The highest BCUT2D eigenvalue weighted by molar-refractivity contribution is 5.66. The molecule has 2 nitrogen and oxygen atoms in total. The summed E-state index contributed by atoms with van der Waals surface area (Å²) in [4.78, 5) is 11.9. The van der Waals surface area contributed by atoms with E-state index in [1.165, 1.54) is 70.6 Å². The quantitative estimate of drug-likeness (QED) is 0.335. The lowest BCUT2D eigenvalue weighted by Crippen LogP contribution is -2.63. The van der Waals surface area contributed by atoms with Gasteiger partial charge in [0.1, 0.15) is 6.10 Å². The molecule has 4 fully saturated rings. The number of hydrogen-bond acceptors (Lipinski definition) is 2. The van der Waals surface area contributed by atoms with Crippen LogP contribution in [-0.4, -0.2) is 12.1 Å². The Morgan fingerprint density at radius 3 is 2.17 bits per heavy atom. The van der Waals surface area contributed by atoms with Crippen LogP contribution in [0.5, 0.6) is 0 Å². The standard InChI is InChI=1S/C33H58O2/c1-10-33-21-20-31(8)25(23(4)13-11-12-22(2)3)18-19-32(31,9)28(33)16-14-26-27(33)15-17-29(30(26,6)7)35-24(5)34/h22-23,25-29H,10-21H2,1-9H3. The lowest BCUT2D eigenvalue weighted by atomic mass is 9.36. The lowest BCUT2D eigenvalue weighted by molar-refractivity contribution is -0.216. The number of hydrogen-bond donors (Lipinski definition) is 0. The number of esters is 1. The van der Waals surface area contributed by atoms with E-state index in [0.717, 1.165) is 36.0 Å². The molecule has 4 saturated carbocycles. The van der Waals surface area contributed by atoms with Crippen LogP contribution in [0.1, 0.15) is 139 Å². The van der Waals surface area contributed by atoms with Crippen LogP contribution in [0.15, 0.2) is 0 Å². The fraction of sp³-hybridized carbons (Fsp3) is 0.970. The average molecular weight is 487 g/mol. The molecule has 0 N–H and O–H groups in total. The van der Waals surface area contributed by atoms with E-state index in [1.807, 2.05) is 0 Å². The molecular weight excluding hydrogens is 428 g/mol. The molecular formula is C33H58O2. The Morgan fingerprint density at radius 2 is 1.54 bits per heavy atom. The van der Waals surface area contributed by atoms with Gasteiger partial charge in [-0.05, 0) is 110 Å². The zero-order valence-electron chi connectivity index (χ0n) is 24.8. The minimum atomic E-state index is -0.0964. The van der Waals surface area contributed by atoms with E-state index < -0.39 is 0 Å². The number of ether oxygens (including phenoxy) is 1. The van der Waals surface area contributed by atoms with Gasteiger partial charge in [-0.2, -0.15) is 0 Å². The molecule has 9 atom stereocenters. The Bertz CT molecular complexity index is 769. The minimum Gasteiger partial charge on any atom is -0.462 e. The Morgan fingerprint density at radius 1 is 0.857 bits per heavy atom. The van der Waals surface area contributed by atoms with Gasteiger partial charge in [0.05, 0.1) is 0 Å². The van der Waals surface area contributed by atoms with Crippen molar-refractivity contribution in [1.82, 2.24) is 0 Å². The largest absolute Gasteiger partial charge is 0.462 e. The summed E-state index contributed by atoms with van der Waals surface area (Å²) in [5.41, 5.74) is 1.57. The Balaban J connectivity index is 1.59. The number of carbonyl (C=O) groups excluding carboxylic acids is 1. The van der Waals surface area contributed by atoms with Crippen LogP contribution in [0.3, 0.4) is 0 Å². The van der Waals surface area contributed by atoms with Crippen molar-refractivity contribution in [1.29, 1.82) is 0 Å². The third-order valence-corrected chi connectivity index (χ3v) is 13.3. The van der Waals surface area contributed by atoms with E-state index >= 15 is 0 Å². The molecule has 4 aliphatic carbocycles. The fourth-order valence-electron chi connectivity index (χ4n) is 11.2. The van der Waals surface area contributed by atoms with Crippen LogP contribution in [-0.2, 0) is 9.53 Å². The zero-order chi connectivity index (χ0) is 25.8. The Kier molecular flexibility index (Phi) is 7.58. The molecule has 0 aromatic heterocycles. The molecule has 0 heterocycles. The van der Waals surface area contributed by atoms with Crippen molar-refractivity contribution in [3.8, 4) is 0 Å². The van der Waals surface area contributed by atoms with Gasteiger partial charge in [0.15, 0.2) is 0 Å². The van der Waals surface area contributed by atoms with Gasteiger partial charge in [0.2, 0.25) is 0 Å². The molecule has 4 rings (SSSR count). The van der Waals surface area contributed by atoms with Gasteiger partial charge in [-0.25, -0.2) is 0 Å². The van der Waals surface area contributed by atoms with Crippen molar-refractivity contribution in [3.05, 3.63) is 0 Å². The number of rotatable bonds is 7. The molecule has 0 aromatic carbocycles. The predicted molar refractivity (Wildman–Crippen MR) is 147 cm³/mol. The summed E-state index contributed by atoms with van der Waals surface area (Å²) in [6.07, 6.45) is 16.5. The van der Waals surface area contributed by atoms with Gasteiger partial charge in [-0.3, -0.25) is 4.79 Å². The first-order valence-electron chi connectivity index (χ1n) is 15.5. The smallest absolute Gasteiger partial charge is 0.302 e. The first-order chi connectivity index (χ1) is 16.3. The van der Waals surface area contributed by atoms with Crippen molar-refractivity contribution in [3.63, 3.8) is 0 Å². The molecule has 0 radical (unpaired) electrons. The van der Waals surface area contributed by atoms with Crippen molar-refractivity contribution < 1.29 is 9.53 Å². The summed E-state index contributed by atoms with van der Waals surface area (Å²) in [5, 5.41) is 0. The van der Waals surface area contributed by atoms with E-state index in [9.17, 15) is 4.79 Å². The molecule has 202 valence electrons. The minimum absolute atomic E-state index is 0.0898. The van der Waals surface area contributed by atoms with E-state index in [2.05, 4.69) is 55.4 Å². The fourth-order valence-corrected chi connectivity index (χ4v) is 11.2.